The lowest BCUT2D eigenvalue weighted by Gasteiger charge is -2.32. The van der Waals surface area contributed by atoms with Crippen LogP contribution in [0.1, 0.15) is 50.0 Å². The van der Waals surface area contributed by atoms with Gasteiger partial charge >= 0.3 is 5.97 Å². The third-order valence-electron chi connectivity index (χ3n) is 4.57. The third kappa shape index (κ3) is 4.14. The van der Waals surface area contributed by atoms with Crippen LogP contribution < -0.4 is 0 Å². The molecular weight excluding hydrogens is 292 g/mol. The lowest BCUT2D eigenvalue weighted by atomic mass is 9.92. The number of rotatable bonds is 4. The second-order valence-corrected chi connectivity index (χ2v) is 6.22. The molecule has 0 amide bonds. The first-order chi connectivity index (χ1) is 11.3. The van der Waals surface area contributed by atoms with E-state index in [4.69, 9.17) is 14.2 Å². The highest BCUT2D eigenvalue weighted by Gasteiger charge is 2.31. The van der Waals surface area contributed by atoms with Gasteiger partial charge in [-0.15, -0.1) is 0 Å². The number of ether oxygens (including phenoxy) is 3. The third-order valence-corrected chi connectivity index (χ3v) is 4.57. The quantitative estimate of drug-likeness (QED) is 0.790. The minimum atomic E-state index is -0.442. The lowest BCUT2D eigenvalue weighted by Crippen LogP contribution is -2.31. The second kappa shape index (κ2) is 7.64. The normalized spacial score (nSPS) is 25.3. The van der Waals surface area contributed by atoms with E-state index in [9.17, 15) is 4.79 Å². The Labute approximate surface area is 137 Å². The van der Waals surface area contributed by atoms with Gasteiger partial charge in [-0.1, -0.05) is 49.6 Å². The Kier molecular flexibility index (Phi) is 5.34. The zero-order valence-corrected chi connectivity index (χ0v) is 13.6. The molecule has 2 aliphatic rings. The molecule has 1 heterocycles. The highest BCUT2D eigenvalue weighted by Crippen LogP contribution is 2.33. The van der Waals surface area contributed by atoms with Crippen LogP contribution >= 0.6 is 0 Å². The predicted octanol–water partition coefficient (Wildman–Crippen LogP) is 3.92. The monoisotopic (exact) mass is 316 g/mol. The van der Waals surface area contributed by atoms with Gasteiger partial charge in [0.1, 0.15) is 0 Å². The van der Waals surface area contributed by atoms with Gasteiger partial charge in [0.05, 0.1) is 13.2 Å². The summed E-state index contributed by atoms with van der Waals surface area (Å²) in [6.45, 7) is 0. The highest BCUT2D eigenvalue weighted by atomic mass is 16.7. The molecule has 0 N–H and O–H groups in total. The van der Waals surface area contributed by atoms with Gasteiger partial charge < -0.3 is 14.2 Å². The fourth-order valence-electron chi connectivity index (χ4n) is 3.34. The van der Waals surface area contributed by atoms with Gasteiger partial charge in [0, 0.05) is 12.3 Å². The maximum Gasteiger partial charge on any atom is 0.373 e. The molecule has 23 heavy (non-hydrogen) atoms. The van der Waals surface area contributed by atoms with Gasteiger partial charge in [0.25, 0.3) is 0 Å². The Morgan fingerprint density at radius 3 is 2.57 bits per heavy atom. The molecule has 0 saturated heterocycles. The molecule has 1 aliphatic heterocycles. The van der Waals surface area contributed by atoms with E-state index < -0.39 is 5.97 Å². The first-order valence-corrected chi connectivity index (χ1v) is 8.43. The molecule has 1 fully saturated rings. The van der Waals surface area contributed by atoms with Gasteiger partial charge in [-0.2, -0.15) is 0 Å². The molecule has 124 valence electrons. The van der Waals surface area contributed by atoms with Crippen molar-refractivity contribution in [3.8, 4) is 0 Å². The highest BCUT2D eigenvalue weighted by molar-refractivity contribution is 5.86. The summed E-state index contributed by atoms with van der Waals surface area (Å²) in [6.07, 6.45) is 8.27. The number of carbonyl (C=O) groups excluding carboxylic acids is 1. The van der Waals surface area contributed by atoms with Gasteiger partial charge in [-0.25, -0.2) is 4.79 Å². The topological polar surface area (TPSA) is 44.8 Å². The van der Waals surface area contributed by atoms with Crippen LogP contribution in [0.5, 0.6) is 0 Å². The van der Waals surface area contributed by atoms with E-state index in [1.54, 1.807) is 0 Å². The molecule has 1 aromatic carbocycles. The second-order valence-electron chi connectivity index (χ2n) is 6.22. The Balaban J connectivity index is 1.74. The fourth-order valence-corrected chi connectivity index (χ4v) is 3.34. The summed E-state index contributed by atoms with van der Waals surface area (Å²) >= 11 is 0. The lowest BCUT2D eigenvalue weighted by molar-refractivity contribution is -0.177. The van der Waals surface area contributed by atoms with E-state index in [0.717, 1.165) is 24.8 Å². The summed E-state index contributed by atoms with van der Waals surface area (Å²) in [5, 5.41) is 0. The minimum Gasteiger partial charge on any atom is -0.463 e. The summed E-state index contributed by atoms with van der Waals surface area (Å²) in [7, 11) is 1.37. The zero-order valence-electron chi connectivity index (χ0n) is 13.6. The molecule has 0 radical (unpaired) electrons. The zero-order chi connectivity index (χ0) is 16.1. The van der Waals surface area contributed by atoms with Gasteiger partial charge in [-0.3, -0.25) is 0 Å². The van der Waals surface area contributed by atoms with E-state index in [2.05, 4.69) is 12.1 Å². The van der Waals surface area contributed by atoms with E-state index in [1.165, 1.54) is 26.4 Å². The minimum absolute atomic E-state index is 0.104. The van der Waals surface area contributed by atoms with Crippen LogP contribution in [0.2, 0.25) is 0 Å². The fraction of sp³-hybridized carbons (Fsp3) is 0.526. The molecule has 4 heteroatoms. The molecular formula is C19H24O4. The summed E-state index contributed by atoms with van der Waals surface area (Å²) in [6, 6.07) is 10.1. The van der Waals surface area contributed by atoms with E-state index in [-0.39, 0.29) is 24.1 Å². The van der Waals surface area contributed by atoms with Crippen molar-refractivity contribution in [2.45, 2.75) is 56.8 Å². The number of hydrogen-bond acceptors (Lipinski definition) is 4. The van der Waals surface area contributed by atoms with Crippen LogP contribution in [0, 0.1) is 0 Å². The molecule has 0 aromatic heterocycles. The summed E-state index contributed by atoms with van der Waals surface area (Å²) in [5.74, 6) is -0.0797. The molecule has 1 saturated carbocycles. The Bertz CT molecular complexity index is 546. The van der Waals surface area contributed by atoms with Gasteiger partial charge in [0.2, 0.25) is 12.0 Å². The van der Waals surface area contributed by atoms with E-state index in [0.29, 0.717) is 0 Å². The summed E-state index contributed by atoms with van der Waals surface area (Å²) < 4.78 is 16.7. The van der Waals surface area contributed by atoms with Crippen LogP contribution in [0.25, 0.3) is 0 Å². The van der Waals surface area contributed by atoms with Crippen LogP contribution in [0.3, 0.4) is 0 Å². The van der Waals surface area contributed by atoms with E-state index in [1.807, 2.05) is 24.3 Å². The van der Waals surface area contributed by atoms with Crippen LogP contribution in [-0.4, -0.2) is 25.5 Å². The number of benzene rings is 1. The van der Waals surface area contributed by atoms with Crippen molar-refractivity contribution in [3.63, 3.8) is 0 Å². The molecule has 2 atom stereocenters. The molecule has 0 bridgehead atoms. The first-order valence-electron chi connectivity index (χ1n) is 8.43. The molecule has 0 spiro atoms. The van der Waals surface area contributed by atoms with Crippen molar-refractivity contribution in [1.82, 2.24) is 0 Å². The maximum atomic E-state index is 11.9. The Hall–Kier alpha value is -1.81. The maximum absolute atomic E-state index is 11.9. The largest absolute Gasteiger partial charge is 0.463 e. The van der Waals surface area contributed by atoms with E-state index >= 15 is 0 Å². The summed E-state index contributed by atoms with van der Waals surface area (Å²) in [5.41, 5.74) is 1.16. The van der Waals surface area contributed by atoms with Gasteiger partial charge in [-0.05, 0) is 24.5 Å². The molecule has 1 aliphatic carbocycles. The number of allylic oxidation sites excluding steroid dienone is 1. The molecule has 4 nitrogen and oxygen atoms in total. The number of hydrogen-bond donors (Lipinski definition) is 0. The van der Waals surface area contributed by atoms with Crippen molar-refractivity contribution in [2.24, 2.45) is 0 Å². The average molecular weight is 316 g/mol. The smallest absolute Gasteiger partial charge is 0.373 e. The number of carbonyl (C=O) groups is 1. The average Bonchev–Trinajstić information content (AvgIpc) is 2.62. The van der Waals surface area contributed by atoms with Crippen molar-refractivity contribution in [1.29, 1.82) is 0 Å². The Morgan fingerprint density at radius 2 is 1.87 bits per heavy atom. The number of esters is 1. The first kappa shape index (κ1) is 16.1. The SMILES string of the molecule is COC(=O)C1=CC(c2ccccc2)CC(OC2CCCCC2)O1. The van der Waals surface area contributed by atoms with Crippen LogP contribution in [0.15, 0.2) is 42.2 Å². The van der Waals surface area contributed by atoms with Crippen molar-refractivity contribution < 1.29 is 19.0 Å². The standard InChI is InChI=1S/C19H24O4/c1-21-19(20)17-12-15(14-8-4-2-5-9-14)13-18(23-17)22-16-10-6-3-7-11-16/h2,4-5,8-9,12,15-16,18H,3,6-7,10-11,13H2,1H3. The van der Waals surface area contributed by atoms with Crippen LogP contribution in [0.4, 0.5) is 0 Å². The Morgan fingerprint density at radius 1 is 1.13 bits per heavy atom. The molecule has 3 rings (SSSR count). The summed E-state index contributed by atoms with van der Waals surface area (Å²) in [4.78, 5) is 11.9. The predicted molar refractivity (Wildman–Crippen MR) is 86.7 cm³/mol. The van der Waals surface area contributed by atoms with Crippen LogP contribution in [-0.2, 0) is 19.0 Å². The van der Waals surface area contributed by atoms with Crippen molar-refractivity contribution in [3.05, 3.63) is 47.7 Å². The van der Waals surface area contributed by atoms with Gasteiger partial charge in [0.15, 0.2) is 0 Å². The van der Waals surface area contributed by atoms with Crippen molar-refractivity contribution >= 4 is 5.97 Å². The number of methoxy groups -OCH3 is 1. The molecule has 1 aromatic rings. The van der Waals surface area contributed by atoms with Crippen molar-refractivity contribution in [2.75, 3.05) is 7.11 Å². The molecule has 2 unspecified atom stereocenters.